The molecule has 5 nitrogen and oxygen atoms in total. The third-order valence-corrected chi connectivity index (χ3v) is 6.29. The zero-order valence-corrected chi connectivity index (χ0v) is 18.8. The van der Waals surface area contributed by atoms with Crippen LogP contribution in [0.2, 0.25) is 0 Å². The standard InChI is InChI=1S/C26H31N3O2/c1-18-9-10-20(29-15-13-28(3)14-16-29)17-24(18)26(30)27-19(2)21-11-12-25(31-4)23-8-6-5-7-22(21)23/h5-12,17,19H,13-16H2,1-4H3,(H,27,30)/t19-/m1/s1. The molecule has 1 fully saturated rings. The summed E-state index contributed by atoms with van der Waals surface area (Å²) < 4.78 is 5.51. The molecule has 1 atom stereocenters. The summed E-state index contributed by atoms with van der Waals surface area (Å²) >= 11 is 0. The third kappa shape index (κ3) is 4.37. The van der Waals surface area contributed by atoms with Crippen LogP contribution in [0.1, 0.15) is 34.5 Å². The topological polar surface area (TPSA) is 44.8 Å². The van der Waals surface area contributed by atoms with Crippen LogP contribution < -0.4 is 15.0 Å². The van der Waals surface area contributed by atoms with E-state index in [2.05, 4.69) is 46.4 Å². The van der Waals surface area contributed by atoms with E-state index in [-0.39, 0.29) is 11.9 Å². The Hall–Kier alpha value is -3.05. The first kappa shape index (κ1) is 21.2. The van der Waals surface area contributed by atoms with Gasteiger partial charge in [0.2, 0.25) is 0 Å². The number of hydrogen-bond donors (Lipinski definition) is 1. The summed E-state index contributed by atoms with van der Waals surface area (Å²) in [6.07, 6.45) is 0. The van der Waals surface area contributed by atoms with Crippen LogP contribution in [0.15, 0.2) is 54.6 Å². The molecule has 5 heteroatoms. The Labute approximate surface area is 184 Å². The molecule has 0 aromatic heterocycles. The van der Waals surface area contributed by atoms with Crippen LogP contribution in [0.25, 0.3) is 10.8 Å². The second-order valence-corrected chi connectivity index (χ2v) is 8.39. The highest BCUT2D eigenvalue weighted by atomic mass is 16.5. The fourth-order valence-corrected chi connectivity index (χ4v) is 4.32. The molecule has 1 N–H and O–H groups in total. The highest BCUT2D eigenvalue weighted by Crippen LogP contribution is 2.31. The van der Waals surface area contributed by atoms with Gasteiger partial charge in [0.25, 0.3) is 5.91 Å². The molecule has 0 radical (unpaired) electrons. The molecule has 1 saturated heterocycles. The van der Waals surface area contributed by atoms with Gasteiger partial charge in [-0.15, -0.1) is 0 Å². The van der Waals surface area contributed by atoms with Crippen LogP contribution in [0.5, 0.6) is 5.75 Å². The quantitative estimate of drug-likeness (QED) is 0.668. The summed E-state index contributed by atoms with van der Waals surface area (Å²) in [5.41, 5.74) is 3.92. The minimum atomic E-state index is -0.130. The molecule has 3 aromatic rings. The predicted molar refractivity (Wildman–Crippen MR) is 127 cm³/mol. The van der Waals surface area contributed by atoms with Crippen LogP contribution in [0.3, 0.4) is 0 Å². The number of amides is 1. The SMILES string of the molecule is COc1ccc([C@@H](C)NC(=O)c2cc(N3CCN(C)CC3)ccc2C)c2ccccc12. The van der Waals surface area contributed by atoms with E-state index in [0.717, 1.165) is 65.1 Å². The zero-order chi connectivity index (χ0) is 22.0. The molecule has 0 aliphatic carbocycles. The van der Waals surface area contributed by atoms with Gasteiger partial charge in [-0.2, -0.15) is 0 Å². The average molecular weight is 418 g/mol. The van der Waals surface area contributed by atoms with Crippen LogP contribution in [-0.2, 0) is 0 Å². The van der Waals surface area contributed by atoms with E-state index in [1.54, 1.807) is 7.11 Å². The molecule has 1 aliphatic rings. The molecule has 0 bridgehead atoms. The van der Waals surface area contributed by atoms with Crippen LogP contribution >= 0.6 is 0 Å². The number of piperazine rings is 1. The molecule has 1 aliphatic heterocycles. The van der Waals surface area contributed by atoms with Crippen molar-refractivity contribution in [2.45, 2.75) is 19.9 Å². The van der Waals surface area contributed by atoms with Crippen molar-refractivity contribution >= 4 is 22.4 Å². The smallest absolute Gasteiger partial charge is 0.252 e. The number of rotatable bonds is 5. The number of ether oxygens (including phenoxy) is 1. The molecule has 1 heterocycles. The number of nitrogens with one attached hydrogen (secondary N) is 1. The zero-order valence-electron chi connectivity index (χ0n) is 18.8. The highest BCUT2D eigenvalue weighted by molar-refractivity contribution is 5.97. The maximum Gasteiger partial charge on any atom is 0.252 e. The van der Waals surface area contributed by atoms with Crippen LogP contribution in [0.4, 0.5) is 5.69 Å². The van der Waals surface area contributed by atoms with Gasteiger partial charge in [-0.1, -0.05) is 36.4 Å². The monoisotopic (exact) mass is 417 g/mol. The predicted octanol–water partition coefficient (Wildman–Crippen LogP) is 4.40. The van der Waals surface area contributed by atoms with E-state index in [1.165, 1.54) is 0 Å². The Morgan fingerprint density at radius 2 is 1.71 bits per heavy atom. The lowest BCUT2D eigenvalue weighted by Crippen LogP contribution is -2.44. The summed E-state index contributed by atoms with van der Waals surface area (Å²) in [4.78, 5) is 17.9. The van der Waals surface area contributed by atoms with Crippen LogP contribution in [-0.4, -0.2) is 51.1 Å². The van der Waals surface area contributed by atoms with Crippen molar-refractivity contribution in [1.29, 1.82) is 0 Å². The number of likely N-dealkylation sites (N-methyl/N-ethyl adjacent to an activating group) is 1. The Kier molecular flexibility index (Phi) is 6.14. The first-order valence-electron chi connectivity index (χ1n) is 10.9. The lowest BCUT2D eigenvalue weighted by molar-refractivity contribution is 0.0939. The van der Waals surface area contributed by atoms with Gasteiger partial charge in [0.05, 0.1) is 13.2 Å². The Balaban J connectivity index is 1.57. The molecule has 4 rings (SSSR count). The minimum absolute atomic E-state index is 0.0409. The Bertz CT molecular complexity index is 1090. The van der Waals surface area contributed by atoms with Gasteiger partial charge in [0.15, 0.2) is 0 Å². The molecule has 1 amide bonds. The van der Waals surface area contributed by atoms with Crippen molar-refractivity contribution < 1.29 is 9.53 Å². The fourth-order valence-electron chi connectivity index (χ4n) is 4.32. The van der Waals surface area contributed by atoms with Crippen LogP contribution in [0, 0.1) is 6.92 Å². The van der Waals surface area contributed by atoms with E-state index in [9.17, 15) is 4.79 Å². The van der Waals surface area contributed by atoms with Crippen molar-refractivity contribution in [3.05, 3.63) is 71.3 Å². The Morgan fingerprint density at radius 3 is 2.42 bits per heavy atom. The van der Waals surface area contributed by atoms with Gasteiger partial charge in [-0.05, 0) is 55.6 Å². The van der Waals surface area contributed by atoms with E-state index >= 15 is 0 Å². The molecular weight excluding hydrogens is 386 g/mol. The minimum Gasteiger partial charge on any atom is -0.496 e. The highest BCUT2D eigenvalue weighted by Gasteiger charge is 2.19. The van der Waals surface area contributed by atoms with Gasteiger partial charge in [-0.25, -0.2) is 0 Å². The van der Waals surface area contributed by atoms with Crippen molar-refractivity contribution in [1.82, 2.24) is 10.2 Å². The number of aryl methyl sites for hydroxylation is 1. The molecule has 0 saturated carbocycles. The summed E-state index contributed by atoms with van der Waals surface area (Å²) in [5.74, 6) is 0.800. The maximum atomic E-state index is 13.2. The number of fused-ring (bicyclic) bond motifs is 1. The number of hydrogen-bond acceptors (Lipinski definition) is 4. The molecule has 3 aromatic carbocycles. The van der Waals surface area contributed by atoms with Gasteiger partial charge in [0.1, 0.15) is 5.75 Å². The fraction of sp³-hybridized carbons (Fsp3) is 0.346. The van der Waals surface area contributed by atoms with Crippen molar-refractivity contribution in [3.8, 4) is 5.75 Å². The molecule has 0 spiro atoms. The average Bonchev–Trinajstić information content (AvgIpc) is 2.79. The molecule has 0 unspecified atom stereocenters. The second kappa shape index (κ2) is 8.98. The number of anilines is 1. The van der Waals surface area contributed by atoms with Gasteiger partial charge in [-0.3, -0.25) is 4.79 Å². The van der Waals surface area contributed by atoms with Crippen molar-refractivity contribution in [2.24, 2.45) is 0 Å². The van der Waals surface area contributed by atoms with Gasteiger partial charge >= 0.3 is 0 Å². The molecule has 162 valence electrons. The summed E-state index contributed by atoms with van der Waals surface area (Å²) in [6, 6.07) is 18.2. The van der Waals surface area contributed by atoms with E-state index < -0.39 is 0 Å². The number of carbonyl (C=O) groups excluding carboxylic acids is 1. The van der Waals surface area contributed by atoms with E-state index in [4.69, 9.17) is 4.74 Å². The van der Waals surface area contributed by atoms with Gasteiger partial charge in [0, 0.05) is 42.8 Å². The number of carbonyl (C=O) groups is 1. The van der Waals surface area contributed by atoms with Gasteiger partial charge < -0.3 is 19.9 Å². The largest absolute Gasteiger partial charge is 0.496 e. The summed E-state index contributed by atoms with van der Waals surface area (Å²) in [6.45, 7) is 8.07. The lowest BCUT2D eigenvalue weighted by Gasteiger charge is -2.34. The normalized spacial score (nSPS) is 15.7. The molecule has 31 heavy (non-hydrogen) atoms. The van der Waals surface area contributed by atoms with E-state index in [0.29, 0.717) is 0 Å². The lowest BCUT2D eigenvalue weighted by atomic mass is 9.98. The first-order valence-corrected chi connectivity index (χ1v) is 10.9. The third-order valence-electron chi connectivity index (χ3n) is 6.29. The van der Waals surface area contributed by atoms with Crippen molar-refractivity contribution in [3.63, 3.8) is 0 Å². The number of benzene rings is 3. The van der Waals surface area contributed by atoms with E-state index in [1.807, 2.05) is 44.2 Å². The van der Waals surface area contributed by atoms with Crippen molar-refractivity contribution in [2.75, 3.05) is 45.2 Å². The molecular formula is C26H31N3O2. The summed E-state index contributed by atoms with van der Waals surface area (Å²) in [7, 11) is 3.83. The first-order chi connectivity index (χ1) is 15.0. The number of nitrogens with zero attached hydrogens (tertiary/aromatic N) is 2. The Morgan fingerprint density at radius 1 is 1.00 bits per heavy atom. The second-order valence-electron chi connectivity index (χ2n) is 8.39. The maximum absolute atomic E-state index is 13.2. The summed E-state index contributed by atoms with van der Waals surface area (Å²) in [5, 5.41) is 5.36. The number of methoxy groups -OCH3 is 1.